The Morgan fingerprint density at radius 3 is 2.58 bits per heavy atom. The monoisotopic (exact) mass is 370 g/mol. The molecule has 8 heteroatoms. The van der Waals surface area contributed by atoms with Crippen LogP contribution in [-0.4, -0.2) is 29.0 Å². The third-order valence-electron chi connectivity index (χ3n) is 3.29. The second kappa shape index (κ2) is 8.19. The Kier molecular flexibility index (Phi) is 6.25. The van der Waals surface area contributed by atoms with Crippen LogP contribution in [0.3, 0.4) is 0 Å². The lowest BCUT2D eigenvalue weighted by Crippen LogP contribution is -2.33. The fraction of sp³-hybridized carbons (Fsp3) is 0.250. The summed E-state index contributed by atoms with van der Waals surface area (Å²) < 4.78 is 5.14. The number of likely N-dealkylation sites (N-methyl/N-ethyl adjacent to an activating group) is 1. The van der Waals surface area contributed by atoms with Gasteiger partial charge >= 0.3 is 0 Å². The van der Waals surface area contributed by atoms with E-state index in [0.29, 0.717) is 28.0 Å². The summed E-state index contributed by atoms with van der Waals surface area (Å²) in [6.45, 7) is 2.72. The molecule has 0 aliphatic carbocycles. The normalized spacial score (nSPS) is 10.8. The molecule has 0 fully saturated rings. The van der Waals surface area contributed by atoms with Gasteiger partial charge in [0.1, 0.15) is 12.0 Å². The number of benzene rings is 1. The van der Waals surface area contributed by atoms with E-state index in [9.17, 15) is 14.7 Å². The van der Waals surface area contributed by atoms with Gasteiger partial charge in [0.15, 0.2) is 5.75 Å². The molecule has 0 saturated heterocycles. The first-order valence-electron chi connectivity index (χ1n) is 7.17. The quantitative estimate of drug-likeness (QED) is 0.815. The average molecular weight is 371 g/mol. The summed E-state index contributed by atoms with van der Waals surface area (Å²) in [5, 5.41) is 12.6. The molecule has 0 saturated carbocycles. The Morgan fingerprint density at radius 1 is 1.33 bits per heavy atom. The van der Waals surface area contributed by atoms with E-state index < -0.39 is 11.2 Å². The number of carbonyl (C=O) groups excluding carboxylic acids is 1. The van der Waals surface area contributed by atoms with Crippen molar-refractivity contribution < 1.29 is 14.3 Å². The maximum Gasteiger partial charge on any atom is 0.238 e. The minimum absolute atomic E-state index is 0.0582. The average Bonchev–Trinajstić information content (AvgIpc) is 2.54. The smallest absolute Gasteiger partial charge is 0.238 e. The van der Waals surface area contributed by atoms with Crippen LogP contribution in [0.1, 0.15) is 12.7 Å². The SMILES string of the molecule is CCN(CC(=O)Nc1c(Cl)cccc1Cl)Cc1cc(=O)c(O)co1. The van der Waals surface area contributed by atoms with Gasteiger partial charge in [0.05, 0.1) is 28.8 Å². The highest BCUT2D eigenvalue weighted by atomic mass is 35.5. The fourth-order valence-electron chi connectivity index (χ4n) is 2.03. The number of amides is 1. The molecule has 24 heavy (non-hydrogen) atoms. The highest BCUT2D eigenvalue weighted by Crippen LogP contribution is 2.29. The number of hydrogen-bond acceptors (Lipinski definition) is 5. The van der Waals surface area contributed by atoms with Crippen LogP contribution >= 0.6 is 23.2 Å². The van der Waals surface area contributed by atoms with Gasteiger partial charge in [0, 0.05) is 6.07 Å². The van der Waals surface area contributed by atoms with E-state index in [2.05, 4.69) is 5.32 Å². The number of hydrogen-bond donors (Lipinski definition) is 2. The van der Waals surface area contributed by atoms with Gasteiger partial charge in [0.25, 0.3) is 0 Å². The molecule has 6 nitrogen and oxygen atoms in total. The molecule has 0 radical (unpaired) electrons. The Morgan fingerprint density at radius 2 is 2.00 bits per heavy atom. The van der Waals surface area contributed by atoms with E-state index in [0.717, 1.165) is 6.26 Å². The number of para-hydroxylation sites is 1. The van der Waals surface area contributed by atoms with Crippen LogP contribution < -0.4 is 10.7 Å². The first-order chi connectivity index (χ1) is 11.4. The molecule has 1 amide bonds. The van der Waals surface area contributed by atoms with Crippen molar-refractivity contribution >= 4 is 34.8 Å². The maximum absolute atomic E-state index is 12.2. The van der Waals surface area contributed by atoms with Crippen LogP contribution in [0.15, 0.2) is 39.7 Å². The molecule has 0 atom stereocenters. The summed E-state index contributed by atoms with van der Waals surface area (Å²) in [7, 11) is 0. The van der Waals surface area contributed by atoms with Gasteiger partial charge in [-0.3, -0.25) is 14.5 Å². The number of rotatable bonds is 6. The van der Waals surface area contributed by atoms with Crippen LogP contribution in [-0.2, 0) is 11.3 Å². The standard InChI is InChI=1S/C16H16Cl2N2O4/c1-2-20(7-10-6-13(21)14(22)9-24-10)8-15(23)19-16-11(17)4-3-5-12(16)18/h3-6,9,22H,2,7-8H2,1H3,(H,19,23). The molecule has 1 aromatic carbocycles. The van der Waals surface area contributed by atoms with Gasteiger partial charge in [-0.15, -0.1) is 0 Å². The Labute approximate surface area is 148 Å². The van der Waals surface area contributed by atoms with Gasteiger partial charge in [-0.1, -0.05) is 36.2 Å². The number of anilines is 1. The van der Waals surface area contributed by atoms with E-state index >= 15 is 0 Å². The second-order valence-corrected chi connectivity index (χ2v) is 5.86. The predicted molar refractivity (Wildman–Crippen MR) is 92.7 cm³/mol. The van der Waals surface area contributed by atoms with E-state index in [1.54, 1.807) is 23.1 Å². The van der Waals surface area contributed by atoms with Crippen LogP contribution in [0.4, 0.5) is 5.69 Å². The minimum atomic E-state index is -0.528. The topological polar surface area (TPSA) is 82.8 Å². The van der Waals surface area contributed by atoms with Gasteiger partial charge in [-0.05, 0) is 18.7 Å². The Balaban J connectivity index is 2.03. The van der Waals surface area contributed by atoms with Gasteiger partial charge < -0.3 is 14.8 Å². The van der Waals surface area contributed by atoms with Crippen LogP contribution in [0.5, 0.6) is 5.75 Å². The van der Waals surface area contributed by atoms with Crippen molar-refractivity contribution in [3.8, 4) is 5.75 Å². The first kappa shape index (κ1) is 18.3. The molecule has 128 valence electrons. The summed E-state index contributed by atoms with van der Waals surface area (Å²) in [5.74, 6) is -0.399. The molecule has 2 rings (SSSR count). The molecular formula is C16H16Cl2N2O4. The summed E-state index contributed by atoms with van der Waals surface area (Å²) in [6.07, 6.45) is 0.981. The lowest BCUT2D eigenvalue weighted by atomic mass is 10.3. The number of nitrogens with one attached hydrogen (secondary N) is 1. The zero-order chi connectivity index (χ0) is 17.7. The van der Waals surface area contributed by atoms with Crippen LogP contribution in [0.25, 0.3) is 0 Å². The molecule has 0 aliphatic heterocycles. The Bertz CT molecular complexity index is 772. The second-order valence-electron chi connectivity index (χ2n) is 5.04. The lowest BCUT2D eigenvalue weighted by Gasteiger charge is -2.19. The van der Waals surface area contributed by atoms with E-state index in [-0.39, 0.29) is 19.0 Å². The van der Waals surface area contributed by atoms with Crippen LogP contribution in [0.2, 0.25) is 10.0 Å². The van der Waals surface area contributed by atoms with E-state index in [1.165, 1.54) is 6.07 Å². The maximum atomic E-state index is 12.2. The number of aromatic hydroxyl groups is 1. The molecule has 2 N–H and O–H groups in total. The molecule has 1 heterocycles. The van der Waals surface area contributed by atoms with Crippen molar-refractivity contribution in [3.05, 3.63) is 56.6 Å². The molecule has 1 aromatic heterocycles. The fourth-order valence-corrected chi connectivity index (χ4v) is 2.52. The summed E-state index contributed by atoms with van der Waals surface area (Å²) >= 11 is 12.0. The van der Waals surface area contributed by atoms with Crippen LogP contribution in [0, 0.1) is 0 Å². The highest BCUT2D eigenvalue weighted by molar-refractivity contribution is 6.39. The lowest BCUT2D eigenvalue weighted by molar-refractivity contribution is -0.117. The first-order valence-corrected chi connectivity index (χ1v) is 7.93. The minimum Gasteiger partial charge on any atom is -0.502 e. The van der Waals surface area contributed by atoms with Gasteiger partial charge in [-0.2, -0.15) is 0 Å². The van der Waals surface area contributed by atoms with Gasteiger partial charge in [0.2, 0.25) is 11.3 Å². The largest absolute Gasteiger partial charge is 0.502 e. The van der Waals surface area contributed by atoms with Crippen molar-refractivity contribution in [1.29, 1.82) is 0 Å². The van der Waals surface area contributed by atoms with E-state index in [1.807, 2.05) is 6.92 Å². The molecule has 0 spiro atoms. The van der Waals surface area contributed by atoms with Crippen molar-refractivity contribution in [3.63, 3.8) is 0 Å². The van der Waals surface area contributed by atoms with Gasteiger partial charge in [-0.25, -0.2) is 0 Å². The van der Waals surface area contributed by atoms with Crippen molar-refractivity contribution in [1.82, 2.24) is 4.90 Å². The summed E-state index contributed by atoms with van der Waals surface area (Å²) in [4.78, 5) is 25.4. The van der Waals surface area contributed by atoms with Crippen molar-refractivity contribution in [2.24, 2.45) is 0 Å². The number of carbonyl (C=O) groups is 1. The predicted octanol–water partition coefficient (Wildman–Crippen LogP) is 3.11. The number of halogens is 2. The molecule has 0 aliphatic rings. The summed E-state index contributed by atoms with van der Waals surface area (Å²) in [6, 6.07) is 6.14. The molecule has 2 aromatic rings. The number of nitrogens with zero attached hydrogens (tertiary/aromatic N) is 1. The van der Waals surface area contributed by atoms with E-state index in [4.69, 9.17) is 27.6 Å². The Hall–Kier alpha value is -2.02. The third-order valence-corrected chi connectivity index (χ3v) is 3.92. The zero-order valence-corrected chi connectivity index (χ0v) is 14.4. The molecule has 0 unspecified atom stereocenters. The van der Waals surface area contributed by atoms with Crippen molar-refractivity contribution in [2.45, 2.75) is 13.5 Å². The van der Waals surface area contributed by atoms with Crippen molar-refractivity contribution in [2.75, 3.05) is 18.4 Å². The molecular weight excluding hydrogens is 355 g/mol. The summed E-state index contributed by atoms with van der Waals surface area (Å²) in [5.41, 5.74) is -0.169. The highest BCUT2D eigenvalue weighted by Gasteiger charge is 2.14. The third kappa shape index (κ3) is 4.74. The zero-order valence-electron chi connectivity index (χ0n) is 12.9. The molecule has 0 bridgehead atoms.